The van der Waals surface area contributed by atoms with Crippen LogP contribution in [0.5, 0.6) is 5.75 Å². The van der Waals surface area contributed by atoms with Gasteiger partial charge in [0.1, 0.15) is 12.4 Å². The third kappa shape index (κ3) is 7.24. The second-order valence-corrected chi connectivity index (χ2v) is 8.13. The van der Waals surface area contributed by atoms with E-state index in [1.54, 1.807) is 0 Å². The standard InChI is InChI=1S/C23H35N5O3/c1-5-24-23(25-11-10-21-27-22(16(2)3)28-31-21)26-14-18-9-8-17(4)13-20(18)30-15-19-7-6-12-29-19/h8-9,13,16,19H,5-7,10-12,14-15H2,1-4H3,(H2,24,25,26). The highest BCUT2D eigenvalue weighted by Crippen LogP contribution is 2.23. The topological polar surface area (TPSA) is 93.8 Å². The predicted molar refractivity (Wildman–Crippen MR) is 121 cm³/mol. The first-order valence-electron chi connectivity index (χ1n) is 11.2. The molecule has 3 rings (SSSR count). The van der Waals surface area contributed by atoms with Gasteiger partial charge in [0.15, 0.2) is 11.8 Å². The summed E-state index contributed by atoms with van der Waals surface area (Å²) in [5, 5.41) is 10.6. The highest BCUT2D eigenvalue weighted by Gasteiger charge is 2.17. The molecule has 0 aliphatic carbocycles. The second-order valence-electron chi connectivity index (χ2n) is 8.13. The lowest BCUT2D eigenvalue weighted by Crippen LogP contribution is -2.38. The zero-order chi connectivity index (χ0) is 22.1. The number of benzene rings is 1. The number of rotatable bonds is 10. The van der Waals surface area contributed by atoms with Crippen molar-refractivity contribution >= 4 is 5.96 Å². The molecular formula is C23H35N5O3. The van der Waals surface area contributed by atoms with Gasteiger partial charge in [-0.3, -0.25) is 0 Å². The van der Waals surface area contributed by atoms with E-state index in [4.69, 9.17) is 19.0 Å². The van der Waals surface area contributed by atoms with Gasteiger partial charge in [0.2, 0.25) is 5.89 Å². The molecular weight excluding hydrogens is 394 g/mol. The fraction of sp³-hybridized carbons (Fsp3) is 0.609. The Labute approximate surface area is 184 Å². The van der Waals surface area contributed by atoms with Gasteiger partial charge in [-0.1, -0.05) is 31.1 Å². The smallest absolute Gasteiger partial charge is 0.228 e. The third-order valence-electron chi connectivity index (χ3n) is 5.05. The van der Waals surface area contributed by atoms with Crippen molar-refractivity contribution < 1.29 is 14.0 Å². The molecule has 170 valence electrons. The predicted octanol–water partition coefficient (Wildman–Crippen LogP) is 3.36. The molecule has 31 heavy (non-hydrogen) atoms. The van der Waals surface area contributed by atoms with Crippen LogP contribution >= 0.6 is 0 Å². The normalized spacial score (nSPS) is 16.7. The first-order chi connectivity index (χ1) is 15.0. The quantitative estimate of drug-likeness (QED) is 0.442. The van der Waals surface area contributed by atoms with Gasteiger partial charge in [-0.25, -0.2) is 4.99 Å². The lowest BCUT2D eigenvalue weighted by atomic mass is 10.1. The van der Waals surface area contributed by atoms with Crippen molar-refractivity contribution in [3.63, 3.8) is 0 Å². The average Bonchev–Trinajstić information content (AvgIpc) is 3.43. The first-order valence-corrected chi connectivity index (χ1v) is 11.2. The lowest BCUT2D eigenvalue weighted by molar-refractivity contribution is 0.0676. The van der Waals surface area contributed by atoms with E-state index >= 15 is 0 Å². The van der Waals surface area contributed by atoms with Crippen LogP contribution in [0.3, 0.4) is 0 Å². The number of hydrogen-bond donors (Lipinski definition) is 2. The molecule has 1 aliphatic rings. The van der Waals surface area contributed by atoms with Crippen LogP contribution in [0.2, 0.25) is 0 Å². The van der Waals surface area contributed by atoms with Gasteiger partial charge < -0.3 is 24.6 Å². The SMILES string of the molecule is CCNC(=NCc1ccc(C)cc1OCC1CCCO1)NCCc1nc(C(C)C)no1. The molecule has 1 fully saturated rings. The number of nitrogens with one attached hydrogen (secondary N) is 2. The molecule has 8 nitrogen and oxygen atoms in total. The summed E-state index contributed by atoms with van der Waals surface area (Å²) in [4.78, 5) is 9.15. The van der Waals surface area contributed by atoms with Gasteiger partial charge in [-0.05, 0) is 38.3 Å². The summed E-state index contributed by atoms with van der Waals surface area (Å²) in [5.41, 5.74) is 2.22. The minimum absolute atomic E-state index is 0.191. The maximum atomic E-state index is 6.09. The Balaban J connectivity index is 1.57. The van der Waals surface area contributed by atoms with Crippen LogP contribution in [-0.4, -0.2) is 48.5 Å². The number of hydrogen-bond acceptors (Lipinski definition) is 6. The molecule has 1 saturated heterocycles. The van der Waals surface area contributed by atoms with E-state index in [9.17, 15) is 0 Å². The number of nitrogens with zero attached hydrogens (tertiary/aromatic N) is 3. The number of ether oxygens (including phenoxy) is 2. The van der Waals surface area contributed by atoms with Gasteiger partial charge in [-0.15, -0.1) is 0 Å². The number of aryl methyl sites for hydroxylation is 1. The average molecular weight is 430 g/mol. The van der Waals surface area contributed by atoms with Crippen molar-refractivity contribution in [2.45, 2.75) is 65.5 Å². The van der Waals surface area contributed by atoms with Crippen LogP contribution in [0.15, 0.2) is 27.7 Å². The maximum absolute atomic E-state index is 6.09. The molecule has 2 heterocycles. The number of aromatic nitrogens is 2. The van der Waals surface area contributed by atoms with Crippen LogP contribution in [0, 0.1) is 6.92 Å². The minimum atomic E-state index is 0.191. The van der Waals surface area contributed by atoms with Crippen molar-refractivity contribution in [1.29, 1.82) is 0 Å². The summed E-state index contributed by atoms with van der Waals surface area (Å²) in [6.45, 7) is 11.6. The van der Waals surface area contributed by atoms with Crippen LogP contribution in [0.4, 0.5) is 0 Å². The first kappa shape index (κ1) is 23.1. The summed E-state index contributed by atoms with van der Waals surface area (Å²) in [5.74, 6) is 3.26. The molecule has 1 aliphatic heterocycles. The Hall–Kier alpha value is -2.61. The lowest BCUT2D eigenvalue weighted by Gasteiger charge is -2.15. The summed E-state index contributed by atoms with van der Waals surface area (Å²) in [7, 11) is 0. The fourth-order valence-corrected chi connectivity index (χ4v) is 3.28. The van der Waals surface area contributed by atoms with Crippen LogP contribution in [0.1, 0.15) is 62.4 Å². The van der Waals surface area contributed by atoms with Crippen molar-refractivity contribution in [3.05, 3.63) is 41.0 Å². The zero-order valence-electron chi connectivity index (χ0n) is 19.1. The summed E-state index contributed by atoms with van der Waals surface area (Å²) >= 11 is 0. The Morgan fingerprint density at radius 2 is 2.19 bits per heavy atom. The van der Waals surface area contributed by atoms with Crippen LogP contribution in [-0.2, 0) is 17.7 Å². The maximum Gasteiger partial charge on any atom is 0.228 e. The molecule has 8 heteroatoms. The molecule has 1 atom stereocenters. The van der Waals surface area contributed by atoms with Gasteiger partial charge in [0.05, 0.1) is 12.6 Å². The molecule has 0 radical (unpaired) electrons. The van der Waals surface area contributed by atoms with E-state index < -0.39 is 0 Å². The second kappa shape index (κ2) is 11.7. The van der Waals surface area contributed by atoms with E-state index in [1.165, 1.54) is 5.56 Å². The van der Waals surface area contributed by atoms with Crippen molar-refractivity contribution in [3.8, 4) is 5.75 Å². The van der Waals surface area contributed by atoms with Gasteiger partial charge in [-0.2, -0.15) is 4.98 Å². The van der Waals surface area contributed by atoms with Crippen LogP contribution in [0.25, 0.3) is 0 Å². The Morgan fingerprint density at radius 1 is 1.32 bits per heavy atom. The highest BCUT2D eigenvalue weighted by atomic mass is 16.5. The number of aliphatic imine (C=N–C) groups is 1. The molecule has 0 bridgehead atoms. The van der Waals surface area contributed by atoms with E-state index in [0.717, 1.165) is 49.1 Å². The largest absolute Gasteiger partial charge is 0.491 e. The molecule has 0 saturated carbocycles. The molecule has 1 aromatic carbocycles. The Morgan fingerprint density at radius 3 is 2.90 bits per heavy atom. The van der Waals surface area contributed by atoms with Crippen molar-refractivity contribution in [2.24, 2.45) is 4.99 Å². The molecule has 2 aromatic rings. The molecule has 1 unspecified atom stereocenters. The molecule has 0 amide bonds. The van der Waals surface area contributed by atoms with E-state index in [0.29, 0.717) is 32.0 Å². The fourth-order valence-electron chi connectivity index (χ4n) is 3.28. The third-order valence-corrected chi connectivity index (χ3v) is 5.05. The van der Waals surface area contributed by atoms with Gasteiger partial charge in [0, 0.05) is 37.6 Å². The van der Waals surface area contributed by atoms with Crippen molar-refractivity contribution in [1.82, 2.24) is 20.8 Å². The molecule has 0 spiro atoms. The van der Waals surface area contributed by atoms with Gasteiger partial charge >= 0.3 is 0 Å². The van der Waals surface area contributed by atoms with Crippen LogP contribution < -0.4 is 15.4 Å². The zero-order valence-corrected chi connectivity index (χ0v) is 19.1. The van der Waals surface area contributed by atoms with E-state index in [2.05, 4.69) is 45.9 Å². The summed E-state index contributed by atoms with van der Waals surface area (Å²) in [6.07, 6.45) is 3.01. The Kier molecular flexibility index (Phi) is 8.70. The summed E-state index contributed by atoms with van der Waals surface area (Å²) in [6, 6.07) is 6.24. The molecule has 1 aromatic heterocycles. The molecule has 2 N–H and O–H groups in total. The van der Waals surface area contributed by atoms with E-state index in [1.807, 2.05) is 20.8 Å². The minimum Gasteiger partial charge on any atom is -0.491 e. The summed E-state index contributed by atoms with van der Waals surface area (Å²) < 4.78 is 17.1. The van der Waals surface area contributed by atoms with Crippen molar-refractivity contribution in [2.75, 3.05) is 26.3 Å². The highest BCUT2D eigenvalue weighted by molar-refractivity contribution is 5.79. The Bertz CT molecular complexity index is 843. The monoisotopic (exact) mass is 429 g/mol. The number of guanidine groups is 1. The van der Waals surface area contributed by atoms with E-state index in [-0.39, 0.29) is 12.0 Å². The van der Waals surface area contributed by atoms with Gasteiger partial charge in [0.25, 0.3) is 0 Å².